The van der Waals surface area contributed by atoms with Gasteiger partial charge >= 0.3 is 12.0 Å². The van der Waals surface area contributed by atoms with Crippen molar-refractivity contribution >= 4 is 17.7 Å². The summed E-state index contributed by atoms with van der Waals surface area (Å²) in [4.78, 5) is 24.3. The number of carboxylic acids is 1. The number of carbonyl (C=O) groups is 2. The Bertz CT molecular complexity index is 471. The summed E-state index contributed by atoms with van der Waals surface area (Å²) in [5, 5.41) is 15.2. The van der Waals surface area contributed by atoms with Crippen molar-refractivity contribution in [1.82, 2.24) is 14.7 Å². The van der Waals surface area contributed by atoms with Gasteiger partial charge in [0.05, 0.1) is 11.9 Å². The van der Waals surface area contributed by atoms with Gasteiger partial charge in [0.15, 0.2) is 0 Å². The van der Waals surface area contributed by atoms with E-state index >= 15 is 0 Å². The molecule has 7 nitrogen and oxygen atoms in total. The third kappa shape index (κ3) is 3.70. The van der Waals surface area contributed by atoms with E-state index in [9.17, 15) is 9.59 Å². The summed E-state index contributed by atoms with van der Waals surface area (Å²) < 4.78 is 1.27. The lowest BCUT2D eigenvalue weighted by Gasteiger charge is -2.30. The number of likely N-dealkylation sites (tertiary alicyclic amines) is 1. The maximum atomic E-state index is 12.0. The molecule has 1 unspecified atom stereocenters. The number of hydrogen-bond donors (Lipinski definition) is 2. The van der Waals surface area contributed by atoms with Crippen LogP contribution in [0.4, 0.5) is 10.5 Å². The molecule has 1 saturated heterocycles. The summed E-state index contributed by atoms with van der Waals surface area (Å²) in [5.74, 6) is -0.444. The molecule has 104 valence electrons. The van der Waals surface area contributed by atoms with Crippen molar-refractivity contribution < 1.29 is 14.7 Å². The second kappa shape index (κ2) is 5.73. The Balaban J connectivity index is 1.91. The van der Waals surface area contributed by atoms with Crippen LogP contribution in [0.1, 0.15) is 19.8 Å². The molecule has 2 amide bonds. The standard InChI is InChI=1S/C12H18N4O3/c1-9-3-2-4-15(6-9)12(19)14-10-5-13-16(7-10)8-11(17)18/h5,7,9H,2-4,6,8H2,1H3,(H,14,19)(H,17,18). The van der Waals surface area contributed by atoms with E-state index in [0.29, 0.717) is 11.6 Å². The number of rotatable bonds is 3. The van der Waals surface area contributed by atoms with Gasteiger partial charge in [0, 0.05) is 19.3 Å². The first-order chi connectivity index (χ1) is 9.04. The first-order valence-electron chi connectivity index (χ1n) is 6.35. The summed E-state index contributed by atoms with van der Waals surface area (Å²) in [7, 11) is 0. The molecule has 2 N–H and O–H groups in total. The molecule has 0 aromatic carbocycles. The highest BCUT2D eigenvalue weighted by Gasteiger charge is 2.21. The lowest BCUT2D eigenvalue weighted by Crippen LogP contribution is -2.41. The molecule has 1 aromatic rings. The molecule has 1 aliphatic heterocycles. The summed E-state index contributed by atoms with van der Waals surface area (Å²) in [6, 6.07) is -0.151. The SMILES string of the molecule is CC1CCCN(C(=O)Nc2cnn(CC(=O)O)c2)C1. The molecular weight excluding hydrogens is 248 g/mol. The third-order valence-electron chi connectivity index (χ3n) is 3.13. The van der Waals surface area contributed by atoms with Gasteiger partial charge in [0.25, 0.3) is 0 Å². The van der Waals surface area contributed by atoms with Gasteiger partial charge in [-0.25, -0.2) is 4.79 Å². The number of amides is 2. The van der Waals surface area contributed by atoms with Crippen LogP contribution in [0.15, 0.2) is 12.4 Å². The smallest absolute Gasteiger partial charge is 0.325 e. The Morgan fingerprint density at radius 2 is 2.37 bits per heavy atom. The first kappa shape index (κ1) is 13.4. The molecule has 0 aliphatic carbocycles. The van der Waals surface area contributed by atoms with Crippen molar-refractivity contribution in [2.24, 2.45) is 5.92 Å². The molecule has 1 fully saturated rings. The van der Waals surface area contributed by atoms with E-state index < -0.39 is 5.97 Å². The van der Waals surface area contributed by atoms with Crippen LogP contribution in [0.2, 0.25) is 0 Å². The Labute approximate surface area is 111 Å². The fourth-order valence-electron chi connectivity index (χ4n) is 2.23. The normalized spacial score (nSPS) is 19.2. The van der Waals surface area contributed by atoms with Gasteiger partial charge < -0.3 is 15.3 Å². The molecule has 0 bridgehead atoms. The average Bonchev–Trinajstić information content (AvgIpc) is 2.75. The van der Waals surface area contributed by atoms with Gasteiger partial charge in [-0.3, -0.25) is 9.48 Å². The van der Waals surface area contributed by atoms with Crippen LogP contribution in [0.25, 0.3) is 0 Å². The second-order valence-corrected chi connectivity index (χ2v) is 4.94. The van der Waals surface area contributed by atoms with Crippen molar-refractivity contribution in [3.63, 3.8) is 0 Å². The van der Waals surface area contributed by atoms with E-state index in [4.69, 9.17) is 5.11 Å². The number of hydrogen-bond acceptors (Lipinski definition) is 3. The quantitative estimate of drug-likeness (QED) is 0.861. The van der Waals surface area contributed by atoms with E-state index in [2.05, 4.69) is 17.3 Å². The maximum absolute atomic E-state index is 12.0. The fourth-order valence-corrected chi connectivity index (χ4v) is 2.23. The number of anilines is 1. The van der Waals surface area contributed by atoms with Crippen molar-refractivity contribution in [1.29, 1.82) is 0 Å². The lowest BCUT2D eigenvalue weighted by molar-refractivity contribution is -0.137. The molecule has 1 aliphatic rings. The van der Waals surface area contributed by atoms with E-state index in [1.165, 1.54) is 17.1 Å². The van der Waals surface area contributed by atoms with E-state index in [1.54, 1.807) is 4.90 Å². The van der Waals surface area contributed by atoms with Gasteiger partial charge in [-0.1, -0.05) is 6.92 Å². The lowest BCUT2D eigenvalue weighted by atomic mass is 10.0. The number of aromatic nitrogens is 2. The number of nitrogens with one attached hydrogen (secondary N) is 1. The van der Waals surface area contributed by atoms with Crippen molar-refractivity contribution in [3.05, 3.63) is 12.4 Å². The van der Waals surface area contributed by atoms with Gasteiger partial charge in [-0.05, 0) is 18.8 Å². The highest BCUT2D eigenvalue weighted by molar-refractivity contribution is 5.89. The zero-order valence-corrected chi connectivity index (χ0v) is 10.9. The first-order valence-corrected chi connectivity index (χ1v) is 6.35. The molecule has 0 saturated carbocycles. The summed E-state index contributed by atoms with van der Waals surface area (Å²) >= 11 is 0. The Kier molecular flexibility index (Phi) is 4.03. The molecule has 0 spiro atoms. The van der Waals surface area contributed by atoms with Gasteiger partial charge in [-0.2, -0.15) is 5.10 Å². The maximum Gasteiger partial charge on any atom is 0.325 e. The number of nitrogens with zero attached hydrogens (tertiary/aromatic N) is 3. The minimum absolute atomic E-state index is 0.151. The molecule has 2 heterocycles. The van der Waals surface area contributed by atoms with E-state index in [1.807, 2.05) is 0 Å². The number of piperidine rings is 1. The molecular formula is C12H18N4O3. The highest BCUT2D eigenvalue weighted by Crippen LogP contribution is 2.16. The molecule has 1 aromatic heterocycles. The number of carbonyl (C=O) groups excluding carboxylic acids is 1. The predicted molar refractivity (Wildman–Crippen MR) is 68.9 cm³/mol. The van der Waals surface area contributed by atoms with Crippen LogP contribution in [0.5, 0.6) is 0 Å². The second-order valence-electron chi connectivity index (χ2n) is 4.94. The van der Waals surface area contributed by atoms with E-state index in [0.717, 1.165) is 25.9 Å². The molecule has 1 atom stereocenters. The van der Waals surface area contributed by atoms with Gasteiger partial charge in [-0.15, -0.1) is 0 Å². The minimum Gasteiger partial charge on any atom is -0.480 e. The van der Waals surface area contributed by atoms with Gasteiger partial charge in [0.1, 0.15) is 6.54 Å². The number of urea groups is 1. The molecule has 7 heteroatoms. The number of aliphatic carboxylic acids is 1. The summed E-state index contributed by atoms with van der Waals surface area (Å²) in [6.07, 6.45) is 5.14. The molecule has 0 radical (unpaired) electrons. The van der Waals surface area contributed by atoms with Crippen LogP contribution in [0, 0.1) is 5.92 Å². The average molecular weight is 266 g/mol. The third-order valence-corrected chi connectivity index (χ3v) is 3.13. The Hall–Kier alpha value is -2.05. The topological polar surface area (TPSA) is 87.5 Å². The predicted octanol–water partition coefficient (Wildman–Crippen LogP) is 1.23. The van der Waals surface area contributed by atoms with Crippen LogP contribution in [-0.2, 0) is 11.3 Å². The van der Waals surface area contributed by atoms with Crippen molar-refractivity contribution in [3.8, 4) is 0 Å². The van der Waals surface area contributed by atoms with E-state index in [-0.39, 0.29) is 12.6 Å². The van der Waals surface area contributed by atoms with Crippen molar-refractivity contribution in [2.75, 3.05) is 18.4 Å². The van der Waals surface area contributed by atoms with Gasteiger partial charge in [0.2, 0.25) is 0 Å². The molecule has 2 rings (SSSR count). The number of carboxylic acid groups (broad SMARTS) is 1. The van der Waals surface area contributed by atoms with Crippen LogP contribution in [-0.4, -0.2) is 44.9 Å². The highest BCUT2D eigenvalue weighted by atomic mass is 16.4. The largest absolute Gasteiger partial charge is 0.480 e. The summed E-state index contributed by atoms with van der Waals surface area (Å²) in [5.41, 5.74) is 0.518. The van der Waals surface area contributed by atoms with Crippen LogP contribution >= 0.6 is 0 Å². The molecule has 19 heavy (non-hydrogen) atoms. The van der Waals surface area contributed by atoms with Crippen molar-refractivity contribution in [2.45, 2.75) is 26.3 Å². The summed E-state index contributed by atoms with van der Waals surface area (Å²) in [6.45, 7) is 3.44. The zero-order chi connectivity index (χ0) is 13.8. The minimum atomic E-state index is -0.967. The fraction of sp³-hybridized carbons (Fsp3) is 0.583. The Morgan fingerprint density at radius 1 is 1.58 bits per heavy atom. The van der Waals surface area contributed by atoms with Crippen LogP contribution < -0.4 is 5.32 Å². The monoisotopic (exact) mass is 266 g/mol. The van der Waals surface area contributed by atoms with Crippen LogP contribution in [0.3, 0.4) is 0 Å². The zero-order valence-electron chi connectivity index (χ0n) is 10.9. The Morgan fingerprint density at radius 3 is 3.05 bits per heavy atom.